The lowest BCUT2D eigenvalue weighted by Gasteiger charge is -2.20. The number of halogens is 1. The first-order valence-corrected chi connectivity index (χ1v) is 10.8. The molecule has 0 unspecified atom stereocenters. The molecule has 154 valence electrons. The smallest absolute Gasteiger partial charge is 0.120 e. The van der Waals surface area contributed by atoms with Crippen LogP contribution in [0.1, 0.15) is 18.4 Å². The van der Waals surface area contributed by atoms with Crippen LogP contribution in [0, 0.1) is 6.92 Å². The van der Waals surface area contributed by atoms with E-state index in [1.165, 1.54) is 19.5 Å². The molecule has 1 aliphatic heterocycles. The Bertz CT molecular complexity index is 971. The van der Waals surface area contributed by atoms with Gasteiger partial charge in [0.2, 0.25) is 0 Å². The van der Waals surface area contributed by atoms with Gasteiger partial charge in [-0.3, -0.25) is 4.57 Å². The molecule has 1 saturated heterocycles. The number of hydrogen-bond acceptors (Lipinski definition) is 4. The number of rotatable bonds is 6. The van der Waals surface area contributed by atoms with Crippen molar-refractivity contribution in [2.24, 2.45) is 0 Å². The maximum Gasteiger partial charge on any atom is 0.120 e. The quantitative estimate of drug-likeness (QED) is 0.562. The number of hydrogen-bond donors (Lipinski definition) is 0. The molecule has 1 fully saturated rings. The van der Waals surface area contributed by atoms with Crippen molar-refractivity contribution in [1.29, 1.82) is 0 Å². The molecule has 1 aromatic heterocycles. The topological polar surface area (TPSA) is 33.5 Å². The van der Waals surface area contributed by atoms with Crippen molar-refractivity contribution in [2.45, 2.75) is 19.8 Å². The predicted octanol–water partition coefficient (Wildman–Crippen LogP) is 4.39. The summed E-state index contributed by atoms with van der Waals surface area (Å²) in [6.07, 6.45) is 4.10. The highest BCUT2D eigenvalue weighted by atomic mass is 35.5. The van der Waals surface area contributed by atoms with Gasteiger partial charge in [0, 0.05) is 25.7 Å². The Balaban J connectivity index is 1.36. The van der Waals surface area contributed by atoms with Crippen molar-refractivity contribution in [3.8, 4) is 11.4 Å². The summed E-state index contributed by atoms with van der Waals surface area (Å²) in [6.45, 7) is 8.54. The van der Waals surface area contributed by atoms with E-state index in [9.17, 15) is 0 Å². The van der Waals surface area contributed by atoms with Gasteiger partial charge >= 0.3 is 0 Å². The van der Waals surface area contributed by atoms with E-state index >= 15 is 0 Å². The summed E-state index contributed by atoms with van der Waals surface area (Å²) in [7, 11) is 2.20. The van der Waals surface area contributed by atoms with Crippen LogP contribution in [-0.2, 0) is 0 Å². The Morgan fingerprint density at radius 1 is 1.10 bits per heavy atom. The number of nitrogens with zero attached hydrogens (tertiary/aromatic N) is 4. The Morgan fingerprint density at radius 2 is 2.00 bits per heavy atom. The summed E-state index contributed by atoms with van der Waals surface area (Å²) in [6, 6.07) is 12.1. The monoisotopic (exact) mass is 412 g/mol. The molecule has 0 radical (unpaired) electrons. The van der Waals surface area contributed by atoms with E-state index in [0.29, 0.717) is 11.6 Å². The van der Waals surface area contributed by atoms with Crippen LogP contribution in [0.3, 0.4) is 0 Å². The van der Waals surface area contributed by atoms with Crippen LogP contribution in [0.15, 0.2) is 42.7 Å². The van der Waals surface area contributed by atoms with Crippen molar-refractivity contribution in [3.63, 3.8) is 0 Å². The van der Waals surface area contributed by atoms with Gasteiger partial charge in [0.05, 0.1) is 28.4 Å². The summed E-state index contributed by atoms with van der Waals surface area (Å²) >= 11 is 6.59. The molecule has 1 aliphatic rings. The maximum absolute atomic E-state index is 6.59. The number of benzene rings is 2. The van der Waals surface area contributed by atoms with Gasteiger partial charge in [-0.2, -0.15) is 0 Å². The van der Waals surface area contributed by atoms with E-state index in [4.69, 9.17) is 16.3 Å². The van der Waals surface area contributed by atoms with Gasteiger partial charge in [0.15, 0.2) is 0 Å². The fraction of sp³-hybridized carbons (Fsp3) is 0.435. The van der Waals surface area contributed by atoms with E-state index in [2.05, 4.69) is 40.9 Å². The van der Waals surface area contributed by atoms with E-state index < -0.39 is 0 Å². The van der Waals surface area contributed by atoms with Crippen LogP contribution < -0.4 is 4.74 Å². The minimum absolute atomic E-state index is 0.666. The summed E-state index contributed by atoms with van der Waals surface area (Å²) in [5, 5.41) is 0.666. The summed E-state index contributed by atoms with van der Waals surface area (Å²) in [5.41, 5.74) is 4.14. The molecule has 4 rings (SSSR count). The summed E-state index contributed by atoms with van der Waals surface area (Å²) in [5.74, 6) is 0.815. The first-order chi connectivity index (χ1) is 14.1. The number of para-hydroxylation sites is 1. The molecule has 3 aromatic rings. The molecule has 6 heteroatoms. The normalized spacial score (nSPS) is 16.2. The van der Waals surface area contributed by atoms with Crippen molar-refractivity contribution in [2.75, 3.05) is 46.4 Å². The van der Waals surface area contributed by atoms with Crippen molar-refractivity contribution in [1.82, 2.24) is 19.4 Å². The molecule has 2 heterocycles. The fourth-order valence-electron chi connectivity index (χ4n) is 3.95. The maximum atomic E-state index is 6.59. The van der Waals surface area contributed by atoms with Gasteiger partial charge in [-0.25, -0.2) is 4.98 Å². The number of likely N-dealkylation sites (N-methyl/N-ethyl adjacent to an activating group) is 1. The summed E-state index contributed by atoms with van der Waals surface area (Å²) in [4.78, 5) is 9.48. The standard InChI is InChI=1S/C23H29ClN4O/c1-18-6-3-7-22-23(18)25-17-28(22)21-9-8-19(16-20(21)24)29-15-5-12-27-11-4-10-26(2)13-14-27/h3,6-9,16-17H,4-5,10-15H2,1-2H3. The molecule has 0 atom stereocenters. The SMILES string of the molecule is Cc1cccc2c1ncn2-c1ccc(OCCCN2CCCN(C)CC2)cc1Cl. The summed E-state index contributed by atoms with van der Waals surface area (Å²) < 4.78 is 8.00. The second-order valence-corrected chi connectivity index (χ2v) is 8.28. The zero-order chi connectivity index (χ0) is 20.2. The minimum atomic E-state index is 0.666. The second kappa shape index (κ2) is 9.16. The fourth-order valence-corrected chi connectivity index (χ4v) is 4.21. The van der Waals surface area contributed by atoms with Crippen LogP contribution in [0.5, 0.6) is 5.75 Å². The molecule has 0 aliphatic carbocycles. The van der Waals surface area contributed by atoms with Crippen LogP contribution in [0.25, 0.3) is 16.7 Å². The van der Waals surface area contributed by atoms with Crippen molar-refractivity contribution >= 4 is 22.6 Å². The van der Waals surface area contributed by atoms with Crippen LogP contribution >= 0.6 is 11.6 Å². The van der Waals surface area contributed by atoms with Gasteiger partial charge in [-0.15, -0.1) is 0 Å². The zero-order valence-corrected chi connectivity index (χ0v) is 18.0. The highest BCUT2D eigenvalue weighted by Gasteiger charge is 2.12. The second-order valence-electron chi connectivity index (χ2n) is 7.87. The molecular formula is C23H29ClN4O. The van der Waals surface area contributed by atoms with Crippen LogP contribution in [-0.4, -0.2) is 65.7 Å². The molecule has 29 heavy (non-hydrogen) atoms. The largest absolute Gasteiger partial charge is 0.493 e. The average Bonchev–Trinajstić information content (AvgIpc) is 3.03. The van der Waals surface area contributed by atoms with Gasteiger partial charge in [0.25, 0.3) is 0 Å². The van der Waals surface area contributed by atoms with Crippen LogP contribution in [0.4, 0.5) is 0 Å². The number of imidazole rings is 1. The van der Waals surface area contributed by atoms with Crippen LogP contribution in [0.2, 0.25) is 5.02 Å². The highest BCUT2D eigenvalue weighted by Crippen LogP contribution is 2.29. The Kier molecular flexibility index (Phi) is 6.38. The van der Waals surface area contributed by atoms with Gasteiger partial charge in [-0.05, 0) is 63.7 Å². The molecule has 5 nitrogen and oxygen atoms in total. The molecule has 0 spiro atoms. The third-order valence-corrected chi connectivity index (χ3v) is 5.96. The lowest BCUT2D eigenvalue weighted by atomic mass is 10.2. The molecule has 2 aromatic carbocycles. The average molecular weight is 413 g/mol. The lowest BCUT2D eigenvalue weighted by molar-refractivity contribution is 0.237. The third-order valence-electron chi connectivity index (χ3n) is 5.66. The third kappa shape index (κ3) is 4.74. The molecule has 0 amide bonds. The minimum Gasteiger partial charge on any atom is -0.493 e. The van der Waals surface area contributed by atoms with Gasteiger partial charge < -0.3 is 14.5 Å². The van der Waals surface area contributed by atoms with Crippen molar-refractivity contribution < 1.29 is 4.74 Å². The van der Waals surface area contributed by atoms with E-state index in [-0.39, 0.29) is 0 Å². The number of ether oxygens (including phenoxy) is 1. The predicted molar refractivity (Wildman–Crippen MR) is 119 cm³/mol. The first kappa shape index (κ1) is 20.2. The molecule has 0 N–H and O–H groups in total. The molecule has 0 bridgehead atoms. The molecule has 0 saturated carbocycles. The Labute approximate surface area is 177 Å². The van der Waals surface area contributed by atoms with E-state index in [0.717, 1.165) is 54.1 Å². The van der Waals surface area contributed by atoms with Gasteiger partial charge in [-0.1, -0.05) is 23.7 Å². The zero-order valence-electron chi connectivity index (χ0n) is 17.3. The number of aromatic nitrogens is 2. The van der Waals surface area contributed by atoms with Crippen molar-refractivity contribution in [3.05, 3.63) is 53.3 Å². The van der Waals surface area contributed by atoms with E-state index in [1.54, 1.807) is 0 Å². The van der Waals surface area contributed by atoms with E-state index in [1.807, 2.05) is 35.2 Å². The Morgan fingerprint density at radius 3 is 2.86 bits per heavy atom. The molecular weight excluding hydrogens is 384 g/mol. The number of fused-ring (bicyclic) bond motifs is 1. The van der Waals surface area contributed by atoms with Gasteiger partial charge in [0.1, 0.15) is 12.1 Å². The lowest BCUT2D eigenvalue weighted by Crippen LogP contribution is -2.30. The Hall–Kier alpha value is -2.08. The number of aryl methyl sites for hydroxylation is 1. The highest BCUT2D eigenvalue weighted by molar-refractivity contribution is 6.32. The first-order valence-electron chi connectivity index (χ1n) is 10.4.